The summed E-state index contributed by atoms with van der Waals surface area (Å²) in [5.41, 5.74) is 1.25. The summed E-state index contributed by atoms with van der Waals surface area (Å²) in [6, 6.07) is 16.0. The number of carbonyl (C=O) groups excluding carboxylic acids is 3. The molecule has 7 nitrogen and oxygen atoms in total. The predicted molar refractivity (Wildman–Crippen MR) is 99.5 cm³/mol. The largest absolute Gasteiger partial charge is 0.478 e. The number of hydrogen-bond donors (Lipinski definition) is 1. The van der Waals surface area contributed by atoms with Crippen LogP contribution in [0.25, 0.3) is 0 Å². The smallest absolute Gasteiger partial charge is 0.310 e. The summed E-state index contributed by atoms with van der Waals surface area (Å²) in [5.74, 6) is -0.986. The van der Waals surface area contributed by atoms with Crippen molar-refractivity contribution in [2.75, 3.05) is 17.3 Å². The monoisotopic (exact) mass is 368 g/mol. The van der Waals surface area contributed by atoms with Gasteiger partial charge in [0.05, 0.1) is 12.1 Å². The Morgan fingerprint density at radius 3 is 2.56 bits per heavy atom. The number of nitrogens with one attached hydrogen (secondary N) is 1. The lowest BCUT2D eigenvalue weighted by atomic mass is 10.1. The molecular formula is C20H20N2O5. The van der Waals surface area contributed by atoms with Gasteiger partial charge in [-0.15, -0.1) is 0 Å². The number of nitrogens with zero attached hydrogens (tertiary/aromatic N) is 1. The first-order valence-electron chi connectivity index (χ1n) is 8.54. The molecule has 1 heterocycles. The van der Waals surface area contributed by atoms with Gasteiger partial charge in [-0.2, -0.15) is 0 Å². The number of para-hydroxylation sites is 3. The number of likely N-dealkylation sites (N-methyl/N-ethyl adjacent to an activating group) is 1. The maximum Gasteiger partial charge on any atom is 0.310 e. The average Bonchev–Trinajstić information content (AvgIpc) is 2.68. The van der Waals surface area contributed by atoms with Crippen LogP contribution in [0.3, 0.4) is 0 Å². The number of hydrogen-bond acceptors (Lipinski definition) is 5. The van der Waals surface area contributed by atoms with E-state index in [1.54, 1.807) is 43.4 Å². The maximum absolute atomic E-state index is 12.4. The van der Waals surface area contributed by atoms with Gasteiger partial charge in [0, 0.05) is 12.7 Å². The average molecular weight is 368 g/mol. The lowest BCUT2D eigenvalue weighted by molar-refractivity contribution is -0.156. The molecule has 7 heteroatoms. The standard InChI is InChI=1S/C20H20N2O5/c1-13(20(25)22(2)14-8-4-3-5-9-14)26-18(23)12-17-19(24)21-15-10-6-7-11-16(15)27-17/h3-11,13,17H,12H2,1-2H3,(H,21,24)/t13-,17-/m1/s1. The molecule has 1 aliphatic rings. The van der Waals surface area contributed by atoms with Crippen molar-refractivity contribution >= 4 is 29.2 Å². The quantitative estimate of drug-likeness (QED) is 0.819. The zero-order valence-electron chi connectivity index (χ0n) is 15.0. The molecule has 140 valence electrons. The lowest BCUT2D eigenvalue weighted by Crippen LogP contribution is -2.41. The van der Waals surface area contributed by atoms with E-state index in [4.69, 9.17) is 9.47 Å². The minimum absolute atomic E-state index is 0.285. The molecule has 27 heavy (non-hydrogen) atoms. The molecule has 0 fully saturated rings. The number of amides is 2. The second-order valence-electron chi connectivity index (χ2n) is 6.16. The van der Waals surface area contributed by atoms with E-state index in [2.05, 4.69) is 5.32 Å². The van der Waals surface area contributed by atoms with Crippen molar-refractivity contribution in [1.82, 2.24) is 0 Å². The van der Waals surface area contributed by atoms with Crippen molar-refractivity contribution in [1.29, 1.82) is 0 Å². The van der Waals surface area contributed by atoms with Gasteiger partial charge in [-0.3, -0.25) is 14.4 Å². The zero-order valence-corrected chi connectivity index (χ0v) is 15.0. The highest BCUT2D eigenvalue weighted by atomic mass is 16.6. The van der Waals surface area contributed by atoms with Crippen LogP contribution in [0.2, 0.25) is 0 Å². The molecule has 1 N–H and O–H groups in total. The van der Waals surface area contributed by atoms with Gasteiger partial charge < -0.3 is 19.7 Å². The van der Waals surface area contributed by atoms with Crippen LogP contribution < -0.4 is 15.0 Å². The molecule has 0 unspecified atom stereocenters. The summed E-state index contributed by atoms with van der Waals surface area (Å²) in [6.45, 7) is 1.50. The Kier molecular flexibility index (Phi) is 5.40. The molecule has 2 aromatic carbocycles. The van der Waals surface area contributed by atoms with E-state index in [0.29, 0.717) is 17.1 Å². The number of rotatable bonds is 5. The Balaban J connectivity index is 1.57. The molecule has 0 spiro atoms. The van der Waals surface area contributed by atoms with Crippen LogP contribution in [0.15, 0.2) is 54.6 Å². The van der Waals surface area contributed by atoms with Gasteiger partial charge in [-0.1, -0.05) is 30.3 Å². The van der Waals surface area contributed by atoms with Crippen LogP contribution in [0.5, 0.6) is 5.75 Å². The highest BCUT2D eigenvalue weighted by Gasteiger charge is 2.31. The highest BCUT2D eigenvalue weighted by molar-refractivity contribution is 6.00. The maximum atomic E-state index is 12.4. The van der Waals surface area contributed by atoms with E-state index in [1.165, 1.54) is 11.8 Å². The summed E-state index contributed by atoms with van der Waals surface area (Å²) in [5, 5.41) is 2.68. The second-order valence-corrected chi connectivity index (χ2v) is 6.16. The van der Waals surface area contributed by atoms with Gasteiger partial charge in [0.2, 0.25) is 0 Å². The molecule has 2 amide bonds. The Morgan fingerprint density at radius 1 is 1.15 bits per heavy atom. The summed E-state index contributed by atoms with van der Waals surface area (Å²) in [4.78, 5) is 38.1. The Bertz CT molecular complexity index is 852. The van der Waals surface area contributed by atoms with Crippen molar-refractivity contribution < 1.29 is 23.9 Å². The summed E-state index contributed by atoms with van der Waals surface area (Å²) < 4.78 is 10.8. The van der Waals surface area contributed by atoms with E-state index in [1.807, 2.05) is 18.2 Å². The molecule has 3 rings (SSSR count). The third-order valence-electron chi connectivity index (χ3n) is 4.19. The SMILES string of the molecule is C[C@@H](OC(=O)C[C@H]1Oc2ccccc2NC1=O)C(=O)N(C)c1ccccc1. The van der Waals surface area contributed by atoms with Gasteiger partial charge in [0.1, 0.15) is 5.75 Å². The molecule has 0 radical (unpaired) electrons. The number of esters is 1. The Hall–Kier alpha value is -3.35. The molecule has 0 saturated carbocycles. The van der Waals surface area contributed by atoms with Crippen LogP contribution in [0, 0.1) is 0 Å². The minimum atomic E-state index is -0.999. The van der Waals surface area contributed by atoms with E-state index < -0.39 is 24.1 Å². The fourth-order valence-corrected chi connectivity index (χ4v) is 2.73. The number of fused-ring (bicyclic) bond motifs is 1. The van der Waals surface area contributed by atoms with E-state index in [9.17, 15) is 14.4 Å². The van der Waals surface area contributed by atoms with Crippen LogP contribution in [0.1, 0.15) is 13.3 Å². The molecule has 0 aliphatic carbocycles. The number of ether oxygens (including phenoxy) is 2. The van der Waals surface area contributed by atoms with E-state index in [0.717, 1.165) is 0 Å². The van der Waals surface area contributed by atoms with Crippen molar-refractivity contribution in [3.63, 3.8) is 0 Å². The van der Waals surface area contributed by atoms with E-state index in [-0.39, 0.29) is 12.3 Å². The van der Waals surface area contributed by atoms with Crippen molar-refractivity contribution in [2.24, 2.45) is 0 Å². The Labute approximate surface area is 156 Å². The van der Waals surface area contributed by atoms with Crippen molar-refractivity contribution in [2.45, 2.75) is 25.6 Å². The first-order chi connectivity index (χ1) is 13.0. The molecular weight excluding hydrogens is 348 g/mol. The number of benzene rings is 2. The predicted octanol–water partition coefficient (Wildman–Crippen LogP) is 2.37. The first kappa shape index (κ1) is 18.4. The van der Waals surface area contributed by atoms with Crippen LogP contribution in [0.4, 0.5) is 11.4 Å². The molecule has 2 atom stereocenters. The van der Waals surface area contributed by atoms with E-state index >= 15 is 0 Å². The molecule has 0 bridgehead atoms. The topological polar surface area (TPSA) is 84.9 Å². The Morgan fingerprint density at radius 2 is 1.81 bits per heavy atom. The highest BCUT2D eigenvalue weighted by Crippen LogP contribution is 2.29. The van der Waals surface area contributed by atoms with Crippen LogP contribution in [-0.2, 0) is 19.1 Å². The summed E-state index contributed by atoms with van der Waals surface area (Å²) in [7, 11) is 1.61. The van der Waals surface area contributed by atoms with Gasteiger partial charge >= 0.3 is 5.97 Å². The third-order valence-corrected chi connectivity index (χ3v) is 4.19. The number of carbonyl (C=O) groups is 3. The third kappa shape index (κ3) is 4.25. The molecule has 0 aromatic heterocycles. The van der Waals surface area contributed by atoms with Crippen molar-refractivity contribution in [3.05, 3.63) is 54.6 Å². The normalized spacial score (nSPS) is 16.4. The minimum Gasteiger partial charge on any atom is -0.478 e. The fourth-order valence-electron chi connectivity index (χ4n) is 2.73. The van der Waals surface area contributed by atoms with Gasteiger partial charge in [0.15, 0.2) is 12.2 Å². The van der Waals surface area contributed by atoms with Gasteiger partial charge in [-0.25, -0.2) is 0 Å². The van der Waals surface area contributed by atoms with Crippen LogP contribution in [-0.4, -0.2) is 37.0 Å². The summed E-state index contributed by atoms with van der Waals surface area (Å²) in [6.07, 6.45) is -2.27. The molecule has 1 aliphatic heterocycles. The lowest BCUT2D eigenvalue weighted by Gasteiger charge is -2.26. The van der Waals surface area contributed by atoms with Crippen molar-refractivity contribution in [3.8, 4) is 5.75 Å². The summed E-state index contributed by atoms with van der Waals surface area (Å²) >= 11 is 0. The first-order valence-corrected chi connectivity index (χ1v) is 8.54. The molecule has 0 saturated heterocycles. The fraction of sp³-hybridized carbons (Fsp3) is 0.250. The number of anilines is 2. The van der Waals surface area contributed by atoms with Gasteiger partial charge in [-0.05, 0) is 31.2 Å². The zero-order chi connectivity index (χ0) is 19.4. The second kappa shape index (κ2) is 7.90. The van der Waals surface area contributed by atoms with Crippen LogP contribution >= 0.6 is 0 Å². The molecule has 2 aromatic rings. The van der Waals surface area contributed by atoms with Gasteiger partial charge in [0.25, 0.3) is 11.8 Å².